The summed E-state index contributed by atoms with van der Waals surface area (Å²) in [6.45, 7) is 1.97. The molecule has 0 spiro atoms. The Morgan fingerprint density at radius 3 is 2.70 bits per heavy atom. The van der Waals surface area contributed by atoms with Crippen molar-refractivity contribution >= 4 is 28.8 Å². The first-order chi connectivity index (χ1) is 9.70. The lowest BCUT2D eigenvalue weighted by Gasteiger charge is -2.23. The number of rotatable bonds is 3. The Balaban J connectivity index is 1.82. The molecule has 0 unspecified atom stereocenters. The second kappa shape index (κ2) is 6.06. The average molecular weight is 309 g/mol. The van der Waals surface area contributed by atoms with E-state index in [0.717, 1.165) is 16.5 Å². The third-order valence-corrected chi connectivity index (χ3v) is 4.47. The van der Waals surface area contributed by atoms with Gasteiger partial charge in [-0.25, -0.2) is 15.0 Å². The summed E-state index contributed by atoms with van der Waals surface area (Å²) in [6, 6.07) is 2.29. The molecule has 106 valence electrons. The third kappa shape index (κ3) is 3.27. The van der Waals surface area contributed by atoms with Crippen molar-refractivity contribution in [3.05, 3.63) is 21.6 Å². The van der Waals surface area contributed by atoms with Gasteiger partial charge in [-0.3, -0.25) is 0 Å². The van der Waals surface area contributed by atoms with Gasteiger partial charge in [0.2, 0.25) is 0 Å². The molecule has 1 aliphatic rings. The SMILES string of the molecule is Cc1nc(-c2nc(Cl)cc(NC3CCCCC3)n2)cs1. The summed E-state index contributed by atoms with van der Waals surface area (Å²) in [5.74, 6) is 1.40. The normalized spacial score (nSPS) is 16.3. The average Bonchev–Trinajstić information content (AvgIpc) is 2.86. The summed E-state index contributed by atoms with van der Waals surface area (Å²) in [6.07, 6.45) is 6.31. The van der Waals surface area contributed by atoms with Gasteiger partial charge >= 0.3 is 0 Å². The van der Waals surface area contributed by atoms with Gasteiger partial charge in [-0.1, -0.05) is 30.9 Å². The maximum absolute atomic E-state index is 6.11. The summed E-state index contributed by atoms with van der Waals surface area (Å²) in [7, 11) is 0. The van der Waals surface area contributed by atoms with Crippen LogP contribution in [0, 0.1) is 6.92 Å². The van der Waals surface area contributed by atoms with Crippen molar-refractivity contribution < 1.29 is 0 Å². The molecule has 1 saturated carbocycles. The number of aryl methyl sites for hydroxylation is 1. The van der Waals surface area contributed by atoms with Crippen LogP contribution in [0.3, 0.4) is 0 Å². The lowest BCUT2D eigenvalue weighted by molar-refractivity contribution is 0.462. The first-order valence-corrected chi connectivity index (χ1v) is 8.20. The van der Waals surface area contributed by atoms with E-state index < -0.39 is 0 Å². The number of hydrogen-bond acceptors (Lipinski definition) is 5. The van der Waals surface area contributed by atoms with Crippen LogP contribution >= 0.6 is 22.9 Å². The number of nitrogens with zero attached hydrogens (tertiary/aromatic N) is 3. The van der Waals surface area contributed by atoms with E-state index in [1.165, 1.54) is 32.1 Å². The lowest BCUT2D eigenvalue weighted by Crippen LogP contribution is -2.23. The van der Waals surface area contributed by atoms with Crippen molar-refractivity contribution in [3.8, 4) is 11.5 Å². The third-order valence-electron chi connectivity index (χ3n) is 3.50. The largest absolute Gasteiger partial charge is 0.367 e. The molecule has 2 aromatic rings. The second-order valence-electron chi connectivity index (χ2n) is 5.13. The number of halogens is 1. The van der Waals surface area contributed by atoms with Gasteiger partial charge in [-0.2, -0.15) is 0 Å². The number of hydrogen-bond donors (Lipinski definition) is 1. The Hall–Kier alpha value is -1.20. The molecule has 0 amide bonds. The summed E-state index contributed by atoms with van der Waals surface area (Å²) >= 11 is 7.70. The van der Waals surface area contributed by atoms with Gasteiger partial charge in [0, 0.05) is 17.5 Å². The molecule has 4 nitrogen and oxygen atoms in total. The minimum absolute atomic E-state index is 0.457. The first-order valence-electron chi connectivity index (χ1n) is 6.94. The Morgan fingerprint density at radius 2 is 2.00 bits per heavy atom. The predicted octanol–water partition coefficient (Wildman–Crippen LogP) is 4.31. The molecule has 3 rings (SSSR count). The van der Waals surface area contributed by atoms with Gasteiger partial charge in [-0.05, 0) is 19.8 Å². The fourth-order valence-electron chi connectivity index (χ4n) is 2.53. The first kappa shape index (κ1) is 13.8. The van der Waals surface area contributed by atoms with Crippen LogP contribution in [0.15, 0.2) is 11.4 Å². The highest BCUT2D eigenvalue weighted by Gasteiger charge is 2.15. The zero-order chi connectivity index (χ0) is 13.9. The van der Waals surface area contributed by atoms with E-state index in [4.69, 9.17) is 11.6 Å². The summed E-state index contributed by atoms with van der Waals surface area (Å²) < 4.78 is 0. The number of aromatic nitrogens is 3. The maximum atomic E-state index is 6.11. The van der Waals surface area contributed by atoms with Crippen molar-refractivity contribution in [2.75, 3.05) is 5.32 Å². The van der Waals surface area contributed by atoms with Crippen molar-refractivity contribution in [1.82, 2.24) is 15.0 Å². The smallest absolute Gasteiger partial charge is 0.182 e. The van der Waals surface area contributed by atoms with Crippen LogP contribution in [0.5, 0.6) is 0 Å². The van der Waals surface area contributed by atoms with Crippen LogP contribution in [0.4, 0.5) is 5.82 Å². The molecule has 20 heavy (non-hydrogen) atoms. The molecule has 0 radical (unpaired) electrons. The van der Waals surface area contributed by atoms with Crippen LogP contribution in [-0.4, -0.2) is 21.0 Å². The molecule has 0 atom stereocenters. The Bertz CT molecular complexity index is 593. The lowest BCUT2D eigenvalue weighted by atomic mass is 9.95. The number of anilines is 1. The Kier molecular flexibility index (Phi) is 4.17. The van der Waals surface area contributed by atoms with Crippen molar-refractivity contribution in [3.63, 3.8) is 0 Å². The molecular weight excluding hydrogens is 292 g/mol. The van der Waals surface area contributed by atoms with E-state index >= 15 is 0 Å². The maximum Gasteiger partial charge on any atom is 0.182 e. The van der Waals surface area contributed by atoms with Crippen molar-refractivity contribution in [2.45, 2.75) is 45.1 Å². The van der Waals surface area contributed by atoms with Gasteiger partial charge in [0.1, 0.15) is 16.7 Å². The van der Waals surface area contributed by atoms with E-state index in [-0.39, 0.29) is 0 Å². The van der Waals surface area contributed by atoms with Crippen molar-refractivity contribution in [2.24, 2.45) is 0 Å². The second-order valence-corrected chi connectivity index (χ2v) is 6.58. The standard InChI is InChI=1S/C14H17ClN4S/c1-9-16-11(8-20-9)14-18-12(15)7-13(19-14)17-10-5-3-2-4-6-10/h7-8,10H,2-6H2,1H3,(H,17,18,19). The monoisotopic (exact) mass is 308 g/mol. The Morgan fingerprint density at radius 1 is 1.20 bits per heavy atom. The molecule has 2 heterocycles. The van der Waals surface area contributed by atoms with Gasteiger partial charge in [0.05, 0.1) is 5.01 Å². The van der Waals surface area contributed by atoms with Crippen LogP contribution in [0.25, 0.3) is 11.5 Å². The summed E-state index contributed by atoms with van der Waals surface area (Å²) in [5, 5.41) is 6.90. The minimum Gasteiger partial charge on any atom is -0.367 e. The molecule has 0 aromatic carbocycles. The molecule has 0 bridgehead atoms. The van der Waals surface area contributed by atoms with E-state index in [2.05, 4.69) is 20.3 Å². The van der Waals surface area contributed by atoms with Gasteiger partial charge in [0.25, 0.3) is 0 Å². The van der Waals surface area contributed by atoms with Gasteiger partial charge < -0.3 is 5.32 Å². The molecule has 1 N–H and O–H groups in total. The quantitative estimate of drug-likeness (QED) is 0.859. The number of thiazole rings is 1. The minimum atomic E-state index is 0.457. The van der Waals surface area contributed by atoms with Crippen LogP contribution in [0.2, 0.25) is 5.15 Å². The highest BCUT2D eigenvalue weighted by molar-refractivity contribution is 7.09. The zero-order valence-corrected chi connectivity index (χ0v) is 13.0. The molecule has 0 saturated heterocycles. The van der Waals surface area contributed by atoms with Crippen LogP contribution in [-0.2, 0) is 0 Å². The summed E-state index contributed by atoms with van der Waals surface area (Å²) in [4.78, 5) is 13.2. The van der Waals surface area contributed by atoms with E-state index in [0.29, 0.717) is 17.0 Å². The van der Waals surface area contributed by atoms with Crippen molar-refractivity contribution in [1.29, 1.82) is 0 Å². The fraction of sp³-hybridized carbons (Fsp3) is 0.500. The molecule has 6 heteroatoms. The van der Waals surface area contributed by atoms with Gasteiger partial charge in [0.15, 0.2) is 5.82 Å². The number of nitrogens with one attached hydrogen (secondary N) is 1. The zero-order valence-electron chi connectivity index (χ0n) is 11.4. The molecule has 0 aliphatic heterocycles. The van der Waals surface area contributed by atoms with Crippen LogP contribution < -0.4 is 5.32 Å². The topological polar surface area (TPSA) is 50.7 Å². The summed E-state index contributed by atoms with van der Waals surface area (Å²) in [5.41, 5.74) is 0.793. The molecule has 1 fully saturated rings. The van der Waals surface area contributed by atoms with E-state index in [1.807, 2.05) is 12.3 Å². The Labute approximate surface area is 127 Å². The highest BCUT2D eigenvalue weighted by atomic mass is 35.5. The van der Waals surface area contributed by atoms with E-state index in [9.17, 15) is 0 Å². The van der Waals surface area contributed by atoms with E-state index in [1.54, 1.807) is 17.4 Å². The molecular formula is C14H17ClN4S. The highest BCUT2D eigenvalue weighted by Crippen LogP contribution is 2.25. The van der Waals surface area contributed by atoms with Gasteiger partial charge in [-0.15, -0.1) is 11.3 Å². The predicted molar refractivity (Wildman–Crippen MR) is 83.4 cm³/mol. The fourth-order valence-corrected chi connectivity index (χ4v) is 3.30. The molecule has 2 aromatic heterocycles. The molecule has 1 aliphatic carbocycles. The van der Waals surface area contributed by atoms with Crippen LogP contribution in [0.1, 0.15) is 37.1 Å².